The zero-order valence-electron chi connectivity index (χ0n) is 11.5. The molecular formula is C13H27N3O. The summed E-state index contributed by atoms with van der Waals surface area (Å²) in [5.74, 6) is 0.288. The van der Waals surface area contributed by atoms with Crippen molar-refractivity contribution in [1.82, 2.24) is 15.1 Å². The highest BCUT2D eigenvalue weighted by Gasteiger charge is 2.19. The molecule has 17 heavy (non-hydrogen) atoms. The average molecular weight is 241 g/mol. The molecule has 1 aliphatic rings. The van der Waals surface area contributed by atoms with E-state index in [2.05, 4.69) is 31.0 Å². The summed E-state index contributed by atoms with van der Waals surface area (Å²) in [6.45, 7) is 11.8. The Morgan fingerprint density at radius 3 is 2.76 bits per heavy atom. The maximum Gasteiger partial charge on any atom is 0.236 e. The van der Waals surface area contributed by atoms with E-state index < -0.39 is 0 Å². The van der Waals surface area contributed by atoms with Crippen LogP contribution in [0.2, 0.25) is 0 Å². The summed E-state index contributed by atoms with van der Waals surface area (Å²) in [4.78, 5) is 16.5. The quantitative estimate of drug-likeness (QED) is 0.778. The van der Waals surface area contributed by atoms with Crippen molar-refractivity contribution < 1.29 is 4.79 Å². The molecule has 100 valence electrons. The highest BCUT2D eigenvalue weighted by atomic mass is 16.2. The predicted octanol–water partition coefficient (Wildman–Crippen LogP) is 0.929. The van der Waals surface area contributed by atoms with Crippen LogP contribution in [0.1, 0.15) is 33.6 Å². The van der Waals surface area contributed by atoms with Gasteiger partial charge in [-0.15, -0.1) is 0 Å². The van der Waals surface area contributed by atoms with Crippen LogP contribution in [0.25, 0.3) is 0 Å². The van der Waals surface area contributed by atoms with Crippen molar-refractivity contribution in [3.05, 3.63) is 0 Å². The number of hydrogen-bond acceptors (Lipinski definition) is 3. The lowest BCUT2D eigenvalue weighted by atomic mass is 10.2. The predicted molar refractivity (Wildman–Crippen MR) is 71.1 cm³/mol. The fourth-order valence-corrected chi connectivity index (χ4v) is 2.18. The SMILES string of the molecule is CCCN(CC(=O)N1CCCNCC1)C(C)C. The van der Waals surface area contributed by atoms with Crippen LogP contribution in [-0.2, 0) is 4.79 Å². The van der Waals surface area contributed by atoms with Crippen LogP contribution >= 0.6 is 0 Å². The molecule has 0 spiro atoms. The number of rotatable bonds is 5. The van der Waals surface area contributed by atoms with Gasteiger partial charge in [0.15, 0.2) is 0 Å². The largest absolute Gasteiger partial charge is 0.340 e. The van der Waals surface area contributed by atoms with Gasteiger partial charge in [0.2, 0.25) is 5.91 Å². The molecule has 4 nitrogen and oxygen atoms in total. The van der Waals surface area contributed by atoms with E-state index in [1.807, 2.05) is 4.90 Å². The second-order valence-electron chi connectivity index (χ2n) is 5.05. The van der Waals surface area contributed by atoms with Gasteiger partial charge in [0.1, 0.15) is 0 Å². The first-order valence-electron chi connectivity index (χ1n) is 6.87. The van der Waals surface area contributed by atoms with Crippen LogP contribution in [0.4, 0.5) is 0 Å². The van der Waals surface area contributed by atoms with Crippen LogP contribution in [0.3, 0.4) is 0 Å². The summed E-state index contributed by atoms with van der Waals surface area (Å²) in [7, 11) is 0. The van der Waals surface area contributed by atoms with Gasteiger partial charge in [-0.05, 0) is 39.8 Å². The van der Waals surface area contributed by atoms with Gasteiger partial charge in [-0.1, -0.05) is 6.92 Å². The van der Waals surface area contributed by atoms with E-state index >= 15 is 0 Å². The minimum atomic E-state index is 0.288. The van der Waals surface area contributed by atoms with Crippen LogP contribution in [0, 0.1) is 0 Å². The molecule has 0 radical (unpaired) electrons. The Labute approximate surface area is 105 Å². The van der Waals surface area contributed by atoms with Gasteiger partial charge in [0.25, 0.3) is 0 Å². The molecule has 0 saturated carbocycles. The summed E-state index contributed by atoms with van der Waals surface area (Å²) in [6, 6.07) is 0.448. The van der Waals surface area contributed by atoms with Crippen LogP contribution in [0.15, 0.2) is 0 Å². The number of amides is 1. The molecule has 0 aliphatic carbocycles. The minimum Gasteiger partial charge on any atom is -0.340 e. The van der Waals surface area contributed by atoms with E-state index in [9.17, 15) is 4.79 Å². The second-order valence-corrected chi connectivity index (χ2v) is 5.05. The highest BCUT2D eigenvalue weighted by Crippen LogP contribution is 2.03. The summed E-state index contributed by atoms with van der Waals surface area (Å²) < 4.78 is 0. The van der Waals surface area contributed by atoms with Crippen molar-refractivity contribution >= 4 is 5.91 Å². The monoisotopic (exact) mass is 241 g/mol. The van der Waals surface area contributed by atoms with Crippen molar-refractivity contribution in [3.8, 4) is 0 Å². The second kappa shape index (κ2) is 7.67. The minimum absolute atomic E-state index is 0.288. The molecule has 0 bridgehead atoms. The van der Waals surface area contributed by atoms with Gasteiger partial charge in [0.05, 0.1) is 6.54 Å². The molecule has 0 atom stereocenters. The molecule has 0 aromatic rings. The van der Waals surface area contributed by atoms with Gasteiger partial charge in [0, 0.05) is 25.7 Å². The summed E-state index contributed by atoms with van der Waals surface area (Å²) >= 11 is 0. The Morgan fingerprint density at radius 1 is 1.35 bits per heavy atom. The fraction of sp³-hybridized carbons (Fsp3) is 0.923. The van der Waals surface area contributed by atoms with Crippen molar-refractivity contribution in [1.29, 1.82) is 0 Å². The lowest BCUT2D eigenvalue weighted by molar-refractivity contribution is -0.132. The molecule has 0 unspecified atom stereocenters. The lowest BCUT2D eigenvalue weighted by Crippen LogP contribution is -2.44. The molecule has 1 amide bonds. The van der Waals surface area contributed by atoms with Crippen LogP contribution in [-0.4, -0.2) is 61.0 Å². The Morgan fingerprint density at radius 2 is 2.12 bits per heavy atom. The first-order chi connectivity index (χ1) is 8.15. The first-order valence-corrected chi connectivity index (χ1v) is 6.87. The summed E-state index contributed by atoms with van der Waals surface area (Å²) in [5.41, 5.74) is 0. The van der Waals surface area contributed by atoms with Gasteiger partial charge in [-0.2, -0.15) is 0 Å². The molecule has 1 fully saturated rings. The standard InChI is InChI=1S/C13H27N3O/c1-4-8-16(12(2)3)11-13(17)15-9-5-6-14-7-10-15/h12,14H,4-11H2,1-3H3. The molecule has 1 heterocycles. The van der Waals surface area contributed by atoms with Gasteiger partial charge in [-0.3, -0.25) is 9.69 Å². The molecule has 0 aromatic carbocycles. The normalized spacial score (nSPS) is 17.6. The molecule has 1 saturated heterocycles. The first kappa shape index (κ1) is 14.5. The van der Waals surface area contributed by atoms with E-state index in [1.54, 1.807) is 0 Å². The zero-order valence-corrected chi connectivity index (χ0v) is 11.5. The number of nitrogens with zero attached hydrogens (tertiary/aromatic N) is 2. The number of carbonyl (C=O) groups is 1. The average Bonchev–Trinajstić information content (AvgIpc) is 2.56. The Kier molecular flexibility index (Phi) is 6.52. The fourth-order valence-electron chi connectivity index (χ4n) is 2.18. The smallest absolute Gasteiger partial charge is 0.236 e. The molecule has 1 N–H and O–H groups in total. The maximum absolute atomic E-state index is 12.2. The van der Waals surface area contributed by atoms with E-state index in [1.165, 1.54) is 0 Å². The Hall–Kier alpha value is -0.610. The van der Waals surface area contributed by atoms with E-state index in [0.29, 0.717) is 12.6 Å². The highest BCUT2D eigenvalue weighted by molar-refractivity contribution is 5.78. The number of carbonyl (C=O) groups excluding carboxylic acids is 1. The summed E-state index contributed by atoms with van der Waals surface area (Å²) in [6.07, 6.45) is 2.17. The molecule has 1 rings (SSSR count). The van der Waals surface area contributed by atoms with E-state index in [-0.39, 0.29) is 5.91 Å². The van der Waals surface area contributed by atoms with Crippen LogP contribution < -0.4 is 5.32 Å². The Bertz CT molecular complexity index is 223. The van der Waals surface area contributed by atoms with Gasteiger partial charge in [-0.25, -0.2) is 0 Å². The zero-order chi connectivity index (χ0) is 12.7. The van der Waals surface area contributed by atoms with E-state index in [0.717, 1.165) is 45.6 Å². The van der Waals surface area contributed by atoms with Crippen LogP contribution in [0.5, 0.6) is 0 Å². The van der Waals surface area contributed by atoms with Gasteiger partial charge >= 0.3 is 0 Å². The van der Waals surface area contributed by atoms with Crippen molar-refractivity contribution in [2.75, 3.05) is 39.3 Å². The lowest BCUT2D eigenvalue weighted by Gasteiger charge is -2.28. The molecular weight excluding hydrogens is 214 g/mol. The van der Waals surface area contributed by atoms with Gasteiger partial charge < -0.3 is 10.2 Å². The molecule has 1 aliphatic heterocycles. The van der Waals surface area contributed by atoms with Crippen molar-refractivity contribution in [2.45, 2.75) is 39.7 Å². The third-order valence-corrected chi connectivity index (χ3v) is 3.27. The third-order valence-electron chi connectivity index (χ3n) is 3.27. The van der Waals surface area contributed by atoms with E-state index in [4.69, 9.17) is 0 Å². The molecule has 0 aromatic heterocycles. The molecule has 4 heteroatoms. The van der Waals surface area contributed by atoms with Crippen molar-refractivity contribution in [3.63, 3.8) is 0 Å². The Balaban J connectivity index is 2.44. The number of hydrogen-bond donors (Lipinski definition) is 1. The maximum atomic E-state index is 12.2. The summed E-state index contributed by atoms with van der Waals surface area (Å²) in [5, 5.41) is 3.33. The number of nitrogens with one attached hydrogen (secondary N) is 1. The van der Waals surface area contributed by atoms with Crippen molar-refractivity contribution in [2.24, 2.45) is 0 Å². The third kappa shape index (κ3) is 5.04. The topological polar surface area (TPSA) is 35.6 Å².